The molecule has 0 aliphatic carbocycles. The number of nitrogens with one attached hydrogen (secondary N) is 3. The first-order valence-electron chi connectivity index (χ1n) is 6.70. The van der Waals surface area contributed by atoms with Crippen LogP contribution < -0.4 is 16.2 Å². The van der Waals surface area contributed by atoms with Crippen molar-refractivity contribution in [2.24, 2.45) is 0 Å². The standard InChI is InChI=1S/C15H15ClN4O/c16-11-4-1-5-12(7-11)18-15(21)14-8-13(19-20-14)10-3-2-6-17-9-10/h1-7,9,13-14,19-20H,8H2,(H,18,21). The summed E-state index contributed by atoms with van der Waals surface area (Å²) in [6.07, 6.45) is 4.20. The van der Waals surface area contributed by atoms with Crippen LogP contribution in [0.15, 0.2) is 48.8 Å². The van der Waals surface area contributed by atoms with E-state index in [0.29, 0.717) is 17.1 Å². The van der Waals surface area contributed by atoms with Gasteiger partial charge in [0.25, 0.3) is 0 Å². The van der Waals surface area contributed by atoms with E-state index in [9.17, 15) is 4.79 Å². The molecule has 1 saturated heterocycles. The second-order valence-electron chi connectivity index (χ2n) is 4.92. The van der Waals surface area contributed by atoms with E-state index in [0.717, 1.165) is 5.56 Å². The van der Waals surface area contributed by atoms with Crippen LogP contribution in [0.1, 0.15) is 18.0 Å². The minimum atomic E-state index is -0.297. The number of hydrogen-bond acceptors (Lipinski definition) is 4. The number of pyridine rings is 1. The van der Waals surface area contributed by atoms with Crippen molar-refractivity contribution in [3.05, 3.63) is 59.4 Å². The van der Waals surface area contributed by atoms with Gasteiger partial charge in [0, 0.05) is 29.1 Å². The van der Waals surface area contributed by atoms with Crippen LogP contribution in [0.25, 0.3) is 0 Å². The van der Waals surface area contributed by atoms with Gasteiger partial charge in [-0.05, 0) is 36.2 Å². The SMILES string of the molecule is O=C(Nc1cccc(Cl)c1)C1CC(c2cccnc2)NN1. The first kappa shape index (κ1) is 14.0. The average Bonchev–Trinajstić information content (AvgIpc) is 2.98. The molecule has 1 aliphatic rings. The molecule has 2 unspecified atom stereocenters. The van der Waals surface area contributed by atoms with Crippen LogP contribution in [0, 0.1) is 0 Å². The fraction of sp³-hybridized carbons (Fsp3) is 0.200. The van der Waals surface area contributed by atoms with Crippen molar-refractivity contribution < 1.29 is 4.79 Å². The van der Waals surface area contributed by atoms with Crippen LogP contribution in [0.2, 0.25) is 5.02 Å². The summed E-state index contributed by atoms with van der Waals surface area (Å²) in [4.78, 5) is 16.3. The smallest absolute Gasteiger partial charge is 0.242 e. The van der Waals surface area contributed by atoms with Crippen molar-refractivity contribution in [3.8, 4) is 0 Å². The fourth-order valence-corrected chi connectivity index (χ4v) is 2.51. The predicted octanol–water partition coefficient (Wildman–Crippen LogP) is 2.28. The molecule has 3 rings (SSSR count). The molecule has 3 N–H and O–H groups in total. The van der Waals surface area contributed by atoms with E-state index in [1.165, 1.54) is 0 Å². The summed E-state index contributed by atoms with van der Waals surface area (Å²) in [6.45, 7) is 0. The summed E-state index contributed by atoms with van der Waals surface area (Å²) < 4.78 is 0. The molecule has 0 radical (unpaired) electrons. The Balaban J connectivity index is 1.62. The third-order valence-electron chi connectivity index (χ3n) is 3.40. The van der Waals surface area contributed by atoms with Crippen LogP contribution >= 0.6 is 11.6 Å². The summed E-state index contributed by atoms with van der Waals surface area (Å²) in [6, 6.07) is 10.8. The highest BCUT2D eigenvalue weighted by atomic mass is 35.5. The molecule has 2 aromatic rings. The molecule has 108 valence electrons. The maximum absolute atomic E-state index is 12.2. The topological polar surface area (TPSA) is 66.0 Å². The third kappa shape index (κ3) is 3.39. The van der Waals surface area contributed by atoms with Gasteiger partial charge in [-0.3, -0.25) is 9.78 Å². The van der Waals surface area contributed by atoms with Gasteiger partial charge in [-0.15, -0.1) is 0 Å². The number of benzene rings is 1. The van der Waals surface area contributed by atoms with Gasteiger partial charge in [0.1, 0.15) is 6.04 Å². The van der Waals surface area contributed by atoms with E-state index < -0.39 is 0 Å². The fourth-order valence-electron chi connectivity index (χ4n) is 2.32. The lowest BCUT2D eigenvalue weighted by Gasteiger charge is -2.10. The van der Waals surface area contributed by atoms with Crippen molar-refractivity contribution in [1.82, 2.24) is 15.8 Å². The number of hydrogen-bond donors (Lipinski definition) is 3. The van der Waals surface area contributed by atoms with Crippen LogP contribution in [0.3, 0.4) is 0 Å². The zero-order valence-corrected chi connectivity index (χ0v) is 12.0. The first-order chi connectivity index (χ1) is 10.2. The minimum absolute atomic E-state index is 0.0776. The Morgan fingerprint density at radius 2 is 2.19 bits per heavy atom. The molecule has 1 amide bonds. The second kappa shape index (κ2) is 6.22. The number of hydrazine groups is 1. The normalized spacial score (nSPS) is 21.2. The van der Waals surface area contributed by atoms with Gasteiger partial charge in [-0.1, -0.05) is 23.7 Å². The molecule has 1 fully saturated rings. The Bertz CT molecular complexity index is 635. The molecule has 1 aliphatic heterocycles. The molecule has 0 bridgehead atoms. The van der Waals surface area contributed by atoms with Gasteiger partial charge in [0.05, 0.1) is 0 Å². The molecular weight excluding hydrogens is 288 g/mol. The number of carbonyl (C=O) groups is 1. The Kier molecular flexibility index (Phi) is 4.15. The molecule has 5 nitrogen and oxygen atoms in total. The lowest BCUT2D eigenvalue weighted by Crippen LogP contribution is -2.39. The van der Waals surface area contributed by atoms with E-state index in [2.05, 4.69) is 21.2 Å². The van der Waals surface area contributed by atoms with Crippen molar-refractivity contribution in [2.75, 3.05) is 5.32 Å². The highest BCUT2D eigenvalue weighted by molar-refractivity contribution is 6.30. The predicted molar refractivity (Wildman–Crippen MR) is 81.7 cm³/mol. The number of anilines is 1. The van der Waals surface area contributed by atoms with Crippen molar-refractivity contribution in [2.45, 2.75) is 18.5 Å². The third-order valence-corrected chi connectivity index (χ3v) is 3.63. The highest BCUT2D eigenvalue weighted by Gasteiger charge is 2.30. The summed E-state index contributed by atoms with van der Waals surface area (Å²) in [7, 11) is 0. The van der Waals surface area contributed by atoms with Crippen LogP contribution in [-0.2, 0) is 4.79 Å². The van der Waals surface area contributed by atoms with Gasteiger partial charge < -0.3 is 5.32 Å². The summed E-state index contributed by atoms with van der Waals surface area (Å²) in [5, 5.41) is 3.45. The van der Waals surface area contributed by atoms with E-state index in [-0.39, 0.29) is 18.0 Å². The van der Waals surface area contributed by atoms with Crippen LogP contribution in [0.4, 0.5) is 5.69 Å². The number of aromatic nitrogens is 1. The number of halogens is 1. The van der Waals surface area contributed by atoms with E-state index in [1.807, 2.05) is 18.2 Å². The molecule has 1 aromatic carbocycles. The largest absolute Gasteiger partial charge is 0.325 e. The van der Waals surface area contributed by atoms with Gasteiger partial charge in [0.2, 0.25) is 5.91 Å². The Labute approximate surface area is 127 Å². The van der Waals surface area contributed by atoms with E-state index in [4.69, 9.17) is 11.6 Å². The van der Waals surface area contributed by atoms with E-state index in [1.54, 1.807) is 30.6 Å². The van der Waals surface area contributed by atoms with Gasteiger partial charge in [-0.2, -0.15) is 0 Å². The average molecular weight is 303 g/mol. The maximum atomic E-state index is 12.2. The number of nitrogens with zero attached hydrogens (tertiary/aromatic N) is 1. The monoisotopic (exact) mass is 302 g/mol. The molecule has 2 atom stereocenters. The Morgan fingerprint density at radius 1 is 1.29 bits per heavy atom. The summed E-state index contributed by atoms with van der Waals surface area (Å²) in [5.74, 6) is -0.0869. The van der Waals surface area contributed by atoms with Gasteiger partial charge in [0.15, 0.2) is 0 Å². The number of amides is 1. The quantitative estimate of drug-likeness (QED) is 0.814. The Hall–Kier alpha value is -1.95. The first-order valence-corrected chi connectivity index (χ1v) is 7.07. The maximum Gasteiger partial charge on any atom is 0.242 e. The van der Waals surface area contributed by atoms with Crippen LogP contribution in [0.5, 0.6) is 0 Å². The Morgan fingerprint density at radius 3 is 2.95 bits per heavy atom. The molecule has 2 heterocycles. The lowest BCUT2D eigenvalue weighted by molar-refractivity contribution is -0.117. The van der Waals surface area contributed by atoms with Crippen molar-refractivity contribution >= 4 is 23.2 Å². The summed E-state index contributed by atoms with van der Waals surface area (Å²) in [5.41, 5.74) is 7.89. The highest BCUT2D eigenvalue weighted by Crippen LogP contribution is 2.22. The molecular formula is C15H15ClN4O. The van der Waals surface area contributed by atoms with Gasteiger partial charge in [-0.25, -0.2) is 10.9 Å². The molecule has 0 spiro atoms. The lowest BCUT2D eigenvalue weighted by atomic mass is 10.0. The molecule has 0 saturated carbocycles. The summed E-state index contributed by atoms with van der Waals surface area (Å²) >= 11 is 5.90. The zero-order valence-electron chi connectivity index (χ0n) is 11.2. The van der Waals surface area contributed by atoms with Crippen LogP contribution in [-0.4, -0.2) is 16.9 Å². The number of rotatable bonds is 3. The zero-order chi connectivity index (χ0) is 14.7. The molecule has 21 heavy (non-hydrogen) atoms. The molecule has 1 aromatic heterocycles. The van der Waals surface area contributed by atoms with Gasteiger partial charge >= 0.3 is 0 Å². The minimum Gasteiger partial charge on any atom is -0.325 e. The second-order valence-corrected chi connectivity index (χ2v) is 5.35. The van der Waals surface area contributed by atoms with Crippen molar-refractivity contribution in [1.29, 1.82) is 0 Å². The molecule has 6 heteroatoms. The van der Waals surface area contributed by atoms with Crippen molar-refractivity contribution in [3.63, 3.8) is 0 Å². The number of carbonyl (C=O) groups excluding carboxylic acids is 1. The van der Waals surface area contributed by atoms with E-state index >= 15 is 0 Å².